The van der Waals surface area contributed by atoms with Gasteiger partial charge in [-0.2, -0.15) is 0 Å². The Morgan fingerprint density at radius 2 is 2.05 bits per heavy atom. The van der Waals surface area contributed by atoms with Crippen molar-refractivity contribution >= 4 is 28.6 Å². The third kappa shape index (κ3) is 5.82. The van der Waals surface area contributed by atoms with Crippen LogP contribution in [0.3, 0.4) is 0 Å². The van der Waals surface area contributed by atoms with Crippen LogP contribution in [0.1, 0.15) is 28.8 Å². The molecule has 3 aromatic rings. The zero-order chi connectivity index (χ0) is 25.9. The minimum absolute atomic E-state index is 0.00145. The van der Waals surface area contributed by atoms with E-state index in [4.69, 9.17) is 14.5 Å². The van der Waals surface area contributed by atoms with Gasteiger partial charge in [-0.25, -0.2) is 14.4 Å². The van der Waals surface area contributed by atoms with Crippen molar-refractivity contribution < 1.29 is 13.9 Å². The summed E-state index contributed by atoms with van der Waals surface area (Å²) in [7, 11) is 3.30. The number of hydrogen-bond acceptors (Lipinski definition) is 9. The van der Waals surface area contributed by atoms with Crippen molar-refractivity contribution in [2.24, 2.45) is 5.92 Å². The number of hydrogen-bond donors (Lipinski definition) is 2. The van der Waals surface area contributed by atoms with Crippen LogP contribution in [0.15, 0.2) is 23.2 Å². The van der Waals surface area contributed by atoms with Crippen LogP contribution in [-0.4, -0.2) is 72.2 Å². The summed E-state index contributed by atoms with van der Waals surface area (Å²) in [5, 5.41) is 6.99. The Morgan fingerprint density at radius 3 is 2.86 bits per heavy atom. The predicted octanol–water partition coefficient (Wildman–Crippen LogP) is 3.93. The highest BCUT2D eigenvalue weighted by molar-refractivity contribution is 7.99. The molecule has 0 aromatic carbocycles. The second-order valence-electron chi connectivity index (χ2n) is 9.88. The van der Waals surface area contributed by atoms with Crippen LogP contribution in [-0.2, 0) is 17.7 Å². The van der Waals surface area contributed by atoms with E-state index in [2.05, 4.69) is 38.5 Å². The van der Waals surface area contributed by atoms with Gasteiger partial charge in [-0.1, -0.05) is 0 Å². The minimum Gasteiger partial charge on any atom is -0.481 e. The molecule has 5 rings (SSSR count). The van der Waals surface area contributed by atoms with Crippen LogP contribution < -0.4 is 15.4 Å². The average Bonchev–Trinajstić information content (AvgIpc) is 3.35. The van der Waals surface area contributed by atoms with Crippen LogP contribution in [0, 0.1) is 25.6 Å². The van der Waals surface area contributed by atoms with Gasteiger partial charge in [0.1, 0.15) is 17.9 Å². The Bertz CT molecular complexity index is 1280. The van der Waals surface area contributed by atoms with E-state index in [1.165, 1.54) is 16.7 Å². The first-order valence-electron chi connectivity index (χ1n) is 12.8. The number of aryl methyl sites for hydroxylation is 2. The van der Waals surface area contributed by atoms with Gasteiger partial charge in [0.25, 0.3) is 0 Å². The normalized spacial score (nSPS) is 19.7. The number of thioether (sulfide) groups is 1. The number of nitrogens with zero attached hydrogens (tertiary/aromatic N) is 4. The number of methoxy groups -OCH3 is 2. The van der Waals surface area contributed by atoms with Gasteiger partial charge in [-0.05, 0) is 62.9 Å². The molecular formula is C27H35FN6O2S. The second-order valence-corrected chi connectivity index (χ2v) is 10.9. The average molecular weight is 527 g/mol. The van der Waals surface area contributed by atoms with E-state index in [1.807, 2.05) is 13.0 Å². The van der Waals surface area contributed by atoms with Crippen LogP contribution in [0.25, 0.3) is 11.0 Å². The summed E-state index contributed by atoms with van der Waals surface area (Å²) in [4.78, 5) is 17.3. The molecule has 0 saturated carbocycles. The zero-order valence-electron chi connectivity index (χ0n) is 21.9. The summed E-state index contributed by atoms with van der Waals surface area (Å²) in [6.07, 6.45) is 3.03. The standard InChI is InChI=1S/C27H35FN6O2S/c1-16-9-22-27(33-24(36-4)15-37-22)31-21(16)13-29-11-18-5-7-34(14-18)8-6-19-20(28)12-30-25-17(2)10-23(35-3)32-26(19)25/h9-10,12,18,24,29H,5-8,11,13-15H2,1-4H3,(H,31,33). The molecule has 0 aliphatic carbocycles. The third-order valence-corrected chi connectivity index (χ3v) is 8.37. The van der Waals surface area contributed by atoms with Crippen molar-refractivity contribution in [3.8, 4) is 5.88 Å². The number of anilines is 1. The van der Waals surface area contributed by atoms with Crippen molar-refractivity contribution in [3.63, 3.8) is 0 Å². The Kier molecular flexibility index (Phi) is 8.09. The summed E-state index contributed by atoms with van der Waals surface area (Å²) in [5.74, 6) is 2.54. The van der Waals surface area contributed by atoms with E-state index in [0.717, 1.165) is 67.5 Å². The minimum atomic E-state index is -0.303. The lowest BCUT2D eigenvalue weighted by Gasteiger charge is -2.25. The molecule has 8 nitrogen and oxygen atoms in total. The summed E-state index contributed by atoms with van der Waals surface area (Å²) in [6, 6.07) is 4.05. The summed E-state index contributed by atoms with van der Waals surface area (Å²) >= 11 is 1.78. The zero-order valence-corrected chi connectivity index (χ0v) is 22.8. The monoisotopic (exact) mass is 526 g/mol. The molecule has 0 amide bonds. The van der Waals surface area contributed by atoms with E-state index in [1.54, 1.807) is 26.0 Å². The Balaban J connectivity index is 1.15. The molecule has 2 atom stereocenters. The molecule has 1 saturated heterocycles. The number of likely N-dealkylation sites (tertiary alicyclic amines) is 1. The number of ether oxygens (including phenoxy) is 2. The van der Waals surface area contributed by atoms with Gasteiger partial charge in [0.05, 0.1) is 34.9 Å². The Morgan fingerprint density at radius 1 is 1.19 bits per heavy atom. The lowest BCUT2D eigenvalue weighted by atomic mass is 10.1. The lowest BCUT2D eigenvalue weighted by molar-refractivity contribution is 0.143. The number of nitrogens with one attached hydrogen (secondary N) is 2. The van der Waals surface area contributed by atoms with Crippen molar-refractivity contribution in [1.29, 1.82) is 0 Å². The SMILES string of the molecule is COc1cc(C)c2ncc(F)c(CCN3CCC(CNCc4nc5c(cc4C)SCC(OC)N5)C3)c2n1. The number of fused-ring (bicyclic) bond motifs is 2. The van der Waals surface area contributed by atoms with E-state index >= 15 is 0 Å². The van der Waals surface area contributed by atoms with E-state index < -0.39 is 0 Å². The second kappa shape index (κ2) is 11.5. The van der Waals surface area contributed by atoms with E-state index in [0.29, 0.717) is 29.3 Å². The van der Waals surface area contributed by atoms with E-state index in [-0.39, 0.29) is 12.0 Å². The number of pyridine rings is 3. The van der Waals surface area contributed by atoms with E-state index in [9.17, 15) is 4.39 Å². The first-order chi connectivity index (χ1) is 17.9. The molecule has 2 N–H and O–H groups in total. The van der Waals surface area contributed by atoms with Crippen molar-refractivity contribution in [3.05, 3.63) is 46.5 Å². The number of aromatic nitrogens is 3. The molecule has 2 aliphatic rings. The van der Waals surface area contributed by atoms with Crippen LogP contribution >= 0.6 is 11.8 Å². The Labute approximate surface area is 221 Å². The fraction of sp³-hybridized carbons (Fsp3) is 0.519. The Hall–Kier alpha value is -2.53. The van der Waals surface area contributed by atoms with Crippen molar-refractivity contribution in [1.82, 2.24) is 25.2 Å². The largest absolute Gasteiger partial charge is 0.481 e. The molecule has 1 fully saturated rings. The van der Waals surface area contributed by atoms with Crippen LogP contribution in [0.4, 0.5) is 10.2 Å². The first-order valence-corrected chi connectivity index (χ1v) is 13.8. The molecule has 3 aromatic heterocycles. The molecular weight excluding hydrogens is 491 g/mol. The molecule has 37 heavy (non-hydrogen) atoms. The molecule has 198 valence electrons. The molecule has 2 aliphatic heterocycles. The maximum Gasteiger partial charge on any atom is 0.213 e. The maximum atomic E-state index is 14.8. The van der Waals surface area contributed by atoms with Crippen LogP contribution in [0.2, 0.25) is 0 Å². The summed E-state index contributed by atoms with van der Waals surface area (Å²) in [5.41, 5.74) is 5.16. The molecule has 5 heterocycles. The maximum absolute atomic E-state index is 14.8. The van der Waals surface area contributed by atoms with Gasteiger partial charge in [-0.3, -0.25) is 4.98 Å². The predicted molar refractivity (Wildman–Crippen MR) is 145 cm³/mol. The van der Waals surface area contributed by atoms with Gasteiger partial charge < -0.3 is 25.0 Å². The molecule has 0 bridgehead atoms. The smallest absolute Gasteiger partial charge is 0.213 e. The van der Waals surface area contributed by atoms with Crippen molar-refractivity contribution in [2.75, 3.05) is 51.5 Å². The van der Waals surface area contributed by atoms with Crippen molar-refractivity contribution in [2.45, 2.75) is 44.4 Å². The van der Waals surface area contributed by atoms with Gasteiger partial charge in [0.15, 0.2) is 0 Å². The third-order valence-electron chi connectivity index (χ3n) is 7.28. The highest BCUT2D eigenvalue weighted by atomic mass is 32.2. The molecule has 10 heteroatoms. The first kappa shape index (κ1) is 26.1. The lowest BCUT2D eigenvalue weighted by Crippen LogP contribution is -2.30. The fourth-order valence-electron chi connectivity index (χ4n) is 5.12. The summed E-state index contributed by atoms with van der Waals surface area (Å²) < 4.78 is 25.5. The quantitative estimate of drug-likeness (QED) is 0.431. The topological polar surface area (TPSA) is 84.4 Å². The van der Waals surface area contributed by atoms with Crippen LogP contribution in [0.5, 0.6) is 5.88 Å². The molecule has 0 spiro atoms. The number of halogens is 1. The molecule has 2 unspecified atom stereocenters. The van der Waals surface area contributed by atoms with Gasteiger partial charge in [-0.15, -0.1) is 11.8 Å². The van der Waals surface area contributed by atoms with Gasteiger partial charge >= 0.3 is 0 Å². The highest BCUT2D eigenvalue weighted by Crippen LogP contribution is 2.33. The molecule has 0 radical (unpaired) electrons. The van der Waals surface area contributed by atoms with Gasteiger partial charge in [0.2, 0.25) is 5.88 Å². The van der Waals surface area contributed by atoms with Gasteiger partial charge in [0, 0.05) is 44.1 Å². The summed E-state index contributed by atoms with van der Waals surface area (Å²) in [6.45, 7) is 8.55. The number of rotatable bonds is 9. The highest BCUT2D eigenvalue weighted by Gasteiger charge is 2.24. The fourth-order valence-corrected chi connectivity index (χ4v) is 6.17.